The maximum absolute atomic E-state index is 12.6. The van der Waals surface area contributed by atoms with Crippen molar-refractivity contribution in [3.8, 4) is 16.9 Å². The van der Waals surface area contributed by atoms with Crippen molar-refractivity contribution in [2.45, 2.75) is 26.4 Å². The summed E-state index contributed by atoms with van der Waals surface area (Å²) in [6.45, 7) is 5.62. The third-order valence-corrected chi connectivity index (χ3v) is 3.48. The molecule has 0 atom stereocenters. The van der Waals surface area contributed by atoms with Crippen LogP contribution in [0.3, 0.4) is 0 Å². The van der Waals surface area contributed by atoms with E-state index < -0.39 is 5.60 Å². The molecule has 25 heavy (non-hydrogen) atoms. The number of para-hydroxylation sites is 1. The normalized spacial score (nSPS) is 11.3. The van der Waals surface area contributed by atoms with E-state index in [2.05, 4.69) is 10.6 Å². The minimum atomic E-state index is -0.474. The molecule has 1 amide bonds. The SMILES string of the molecule is CC(C)(C)ONC(=O)c1cn(-c2ccccc2)nc1-c1ccccc1. The van der Waals surface area contributed by atoms with Crippen molar-refractivity contribution in [3.63, 3.8) is 0 Å². The molecule has 0 unspecified atom stereocenters. The molecule has 0 spiro atoms. The zero-order valence-corrected chi connectivity index (χ0v) is 14.6. The maximum atomic E-state index is 12.6. The number of benzene rings is 2. The Balaban J connectivity index is 2.00. The van der Waals surface area contributed by atoms with Gasteiger partial charge < -0.3 is 0 Å². The van der Waals surface area contributed by atoms with Crippen molar-refractivity contribution in [2.24, 2.45) is 0 Å². The van der Waals surface area contributed by atoms with Gasteiger partial charge in [0.1, 0.15) is 5.69 Å². The van der Waals surface area contributed by atoms with Crippen LogP contribution >= 0.6 is 0 Å². The van der Waals surface area contributed by atoms with Gasteiger partial charge in [-0.15, -0.1) is 0 Å². The fraction of sp³-hybridized carbons (Fsp3) is 0.200. The largest absolute Gasteiger partial charge is 0.278 e. The van der Waals surface area contributed by atoms with Gasteiger partial charge in [0.25, 0.3) is 5.91 Å². The number of carbonyl (C=O) groups excluding carboxylic acids is 1. The molecule has 2 aromatic carbocycles. The Morgan fingerprint density at radius 1 is 1.00 bits per heavy atom. The molecule has 1 N–H and O–H groups in total. The molecule has 1 heterocycles. The van der Waals surface area contributed by atoms with Crippen molar-refractivity contribution in [3.05, 3.63) is 72.4 Å². The monoisotopic (exact) mass is 335 g/mol. The number of carbonyl (C=O) groups is 1. The number of aromatic nitrogens is 2. The zero-order chi connectivity index (χ0) is 17.9. The first kappa shape index (κ1) is 16.9. The molecule has 0 fully saturated rings. The van der Waals surface area contributed by atoms with E-state index in [-0.39, 0.29) is 5.91 Å². The Morgan fingerprint density at radius 2 is 1.60 bits per heavy atom. The fourth-order valence-corrected chi connectivity index (χ4v) is 2.32. The highest BCUT2D eigenvalue weighted by Gasteiger charge is 2.20. The van der Waals surface area contributed by atoms with Gasteiger partial charge in [0.05, 0.1) is 16.9 Å². The molecule has 0 radical (unpaired) electrons. The fourth-order valence-electron chi connectivity index (χ4n) is 2.32. The van der Waals surface area contributed by atoms with Gasteiger partial charge in [-0.2, -0.15) is 5.10 Å². The minimum absolute atomic E-state index is 0.323. The van der Waals surface area contributed by atoms with Crippen LogP contribution in [-0.2, 0) is 4.84 Å². The average molecular weight is 335 g/mol. The van der Waals surface area contributed by atoms with Gasteiger partial charge in [-0.1, -0.05) is 48.5 Å². The molecule has 3 aromatic rings. The van der Waals surface area contributed by atoms with E-state index in [9.17, 15) is 4.79 Å². The van der Waals surface area contributed by atoms with E-state index >= 15 is 0 Å². The van der Waals surface area contributed by atoms with Crippen molar-refractivity contribution >= 4 is 5.91 Å². The predicted octanol–water partition coefficient (Wildman–Crippen LogP) is 4.00. The van der Waals surface area contributed by atoms with Crippen molar-refractivity contribution < 1.29 is 9.63 Å². The van der Waals surface area contributed by atoms with Gasteiger partial charge in [-0.25, -0.2) is 10.2 Å². The lowest BCUT2D eigenvalue weighted by Crippen LogP contribution is -2.33. The first-order valence-electron chi connectivity index (χ1n) is 8.13. The molecule has 5 heteroatoms. The first-order valence-corrected chi connectivity index (χ1v) is 8.13. The lowest BCUT2D eigenvalue weighted by Gasteiger charge is -2.18. The smallest absolute Gasteiger partial charge is 0.268 e. The second-order valence-electron chi connectivity index (χ2n) is 6.68. The topological polar surface area (TPSA) is 56.1 Å². The van der Waals surface area contributed by atoms with Gasteiger partial charge in [0, 0.05) is 11.8 Å². The van der Waals surface area contributed by atoms with Gasteiger partial charge in [-0.05, 0) is 32.9 Å². The standard InChI is InChI=1S/C20H21N3O2/c1-20(2,3)25-22-19(24)17-14-23(16-12-8-5-9-13-16)21-18(17)15-10-6-4-7-11-15/h4-14H,1-3H3,(H,22,24). The number of hydrogen-bond acceptors (Lipinski definition) is 3. The summed E-state index contributed by atoms with van der Waals surface area (Å²) in [5, 5.41) is 4.62. The molecule has 0 saturated carbocycles. The Hall–Kier alpha value is -2.92. The molecule has 0 aliphatic carbocycles. The molecule has 0 aliphatic heterocycles. The quantitative estimate of drug-likeness (QED) is 0.733. The molecule has 3 rings (SSSR count). The Bertz CT molecular complexity index is 850. The Morgan fingerprint density at radius 3 is 2.20 bits per heavy atom. The molecule has 128 valence electrons. The first-order chi connectivity index (χ1) is 11.9. The van der Waals surface area contributed by atoms with Gasteiger partial charge in [0.15, 0.2) is 0 Å². The van der Waals surface area contributed by atoms with E-state index in [1.54, 1.807) is 10.9 Å². The van der Waals surface area contributed by atoms with Gasteiger partial charge in [-0.3, -0.25) is 9.63 Å². The van der Waals surface area contributed by atoms with Crippen LogP contribution in [0.25, 0.3) is 16.9 Å². The summed E-state index contributed by atoms with van der Waals surface area (Å²) >= 11 is 0. The highest BCUT2D eigenvalue weighted by molar-refractivity contribution is 5.99. The Kier molecular flexibility index (Phi) is 4.67. The van der Waals surface area contributed by atoms with Crippen LogP contribution < -0.4 is 5.48 Å². The molecule has 5 nitrogen and oxygen atoms in total. The molecule has 1 aromatic heterocycles. The summed E-state index contributed by atoms with van der Waals surface area (Å²) in [6.07, 6.45) is 1.72. The summed E-state index contributed by atoms with van der Waals surface area (Å²) < 4.78 is 1.70. The summed E-state index contributed by atoms with van der Waals surface area (Å²) in [5.41, 5.74) is 4.87. The number of nitrogens with zero attached hydrogens (tertiary/aromatic N) is 2. The van der Waals surface area contributed by atoms with Crippen LogP contribution in [0.4, 0.5) is 0 Å². The van der Waals surface area contributed by atoms with Crippen LogP contribution in [-0.4, -0.2) is 21.3 Å². The molecule has 0 aliphatic rings. The third-order valence-electron chi connectivity index (χ3n) is 3.48. The highest BCUT2D eigenvalue weighted by Crippen LogP contribution is 2.23. The van der Waals surface area contributed by atoms with Gasteiger partial charge in [0.2, 0.25) is 0 Å². The number of rotatable bonds is 4. The number of hydroxylamine groups is 1. The highest BCUT2D eigenvalue weighted by atomic mass is 16.7. The number of hydrogen-bond donors (Lipinski definition) is 1. The molecule has 0 bridgehead atoms. The van der Waals surface area contributed by atoms with E-state index in [0.717, 1.165) is 11.3 Å². The van der Waals surface area contributed by atoms with Crippen LogP contribution in [0.5, 0.6) is 0 Å². The van der Waals surface area contributed by atoms with Crippen LogP contribution in [0.2, 0.25) is 0 Å². The molecular weight excluding hydrogens is 314 g/mol. The number of amides is 1. The van der Waals surface area contributed by atoms with Crippen LogP contribution in [0.15, 0.2) is 66.9 Å². The van der Waals surface area contributed by atoms with E-state index in [4.69, 9.17) is 4.84 Å². The van der Waals surface area contributed by atoms with Gasteiger partial charge >= 0.3 is 0 Å². The minimum Gasteiger partial charge on any atom is -0.268 e. The van der Waals surface area contributed by atoms with Crippen molar-refractivity contribution in [1.29, 1.82) is 0 Å². The Labute approximate surface area is 147 Å². The van der Waals surface area contributed by atoms with Crippen LogP contribution in [0, 0.1) is 0 Å². The summed E-state index contributed by atoms with van der Waals surface area (Å²) in [4.78, 5) is 18.1. The van der Waals surface area contributed by atoms with Crippen LogP contribution in [0.1, 0.15) is 31.1 Å². The van der Waals surface area contributed by atoms with E-state index in [1.165, 1.54) is 0 Å². The molecular formula is C20H21N3O2. The van der Waals surface area contributed by atoms with Crippen molar-refractivity contribution in [1.82, 2.24) is 15.3 Å². The summed E-state index contributed by atoms with van der Waals surface area (Å²) in [7, 11) is 0. The zero-order valence-electron chi connectivity index (χ0n) is 14.6. The van der Waals surface area contributed by atoms with Crippen molar-refractivity contribution in [2.75, 3.05) is 0 Å². The predicted molar refractivity (Wildman–Crippen MR) is 97.3 cm³/mol. The lowest BCUT2D eigenvalue weighted by atomic mass is 10.1. The third kappa shape index (κ3) is 4.14. The maximum Gasteiger partial charge on any atom is 0.278 e. The second kappa shape index (κ2) is 6.91. The lowest BCUT2D eigenvalue weighted by molar-refractivity contribution is -0.0589. The second-order valence-corrected chi connectivity index (χ2v) is 6.68. The molecule has 0 saturated heterocycles. The van der Waals surface area contributed by atoms with E-state index in [0.29, 0.717) is 11.3 Å². The summed E-state index contributed by atoms with van der Waals surface area (Å²) in [5.74, 6) is -0.323. The number of nitrogens with one attached hydrogen (secondary N) is 1. The van der Waals surface area contributed by atoms with E-state index in [1.807, 2.05) is 81.4 Å². The summed E-state index contributed by atoms with van der Waals surface area (Å²) in [6, 6.07) is 19.3. The average Bonchev–Trinajstić information content (AvgIpc) is 3.06.